The maximum atomic E-state index is 5.70. The number of halogens is 1. The lowest BCUT2D eigenvalue weighted by Gasteiger charge is -2.22. The summed E-state index contributed by atoms with van der Waals surface area (Å²) in [5.74, 6) is 0. The molecule has 2 aromatic rings. The SMILES string of the molecule is CCN(Cc1ccc(Br)s1)c1ccc(N)cc1. The van der Waals surface area contributed by atoms with Crippen LogP contribution in [0.4, 0.5) is 11.4 Å². The van der Waals surface area contributed by atoms with Crippen molar-refractivity contribution >= 4 is 38.6 Å². The third kappa shape index (κ3) is 3.23. The summed E-state index contributed by atoms with van der Waals surface area (Å²) in [5, 5.41) is 0. The van der Waals surface area contributed by atoms with Crippen molar-refractivity contribution in [2.45, 2.75) is 13.5 Å². The van der Waals surface area contributed by atoms with Gasteiger partial charge in [-0.05, 0) is 59.3 Å². The number of benzene rings is 1. The van der Waals surface area contributed by atoms with Gasteiger partial charge < -0.3 is 10.6 Å². The number of nitrogens with zero attached hydrogens (tertiary/aromatic N) is 1. The number of thiophene rings is 1. The summed E-state index contributed by atoms with van der Waals surface area (Å²) in [7, 11) is 0. The third-order valence-corrected chi connectivity index (χ3v) is 4.22. The molecule has 1 aromatic heterocycles. The van der Waals surface area contributed by atoms with Crippen molar-refractivity contribution in [3.05, 3.63) is 45.1 Å². The Kier molecular flexibility index (Phi) is 4.07. The zero-order valence-corrected chi connectivity index (χ0v) is 12.1. The molecule has 0 aliphatic heterocycles. The lowest BCUT2D eigenvalue weighted by Crippen LogP contribution is -2.21. The smallest absolute Gasteiger partial charge is 0.0702 e. The Bertz CT molecular complexity index is 478. The molecular weight excluding hydrogens is 296 g/mol. The Morgan fingerprint density at radius 3 is 2.41 bits per heavy atom. The summed E-state index contributed by atoms with van der Waals surface area (Å²) in [5.41, 5.74) is 7.72. The van der Waals surface area contributed by atoms with E-state index in [-0.39, 0.29) is 0 Å². The Morgan fingerprint density at radius 2 is 1.88 bits per heavy atom. The second-order valence-corrected chi connectivity index (χ2v) is 6.36. The first-order chi connectivity index (χ1) is 8.19. The van der Waals surface area contributed by atoms with Crippen molar-refractivity contribution in [2.24, 2.45) is 0 Å². The Morgan fingerprint density at radius 1 is 1.18 bits per heavy atom. The van der Waals surface area contributed by atoms with Gasteiger partial charge in [0.2, 0.25) is 0 Å². The summed E-state index contributed by atoms with van der Waals surface area (Å²) in [6.45, 7) is 4.09. The first-order valence-corrected chi connectivity index (χ1v) is 7.14. The topological polar surface area (TPSA) is 29.3 Å². The molecule has 0 saturated carbocycles. The number of anilines is 2. The van der Waals surface area contributed by atoms with E-state index < -0.39 is 0 Å². The number of rotatable bonds is 4. The van der Waals surface area contributed by atoms with Crippen molar-refractivity contribution in [1.29, 1.82) is 0 Å². The van der Waals surface area contributed by atoms with Crippen LogP contribution in [0.3, 0.4) is 0 Å². The van der Waals surface area contributed by atoms with Crippen LogP contribution in [0, 0.1) is 0 Å². The van der Waals surface area contributed by atoms with Gasteiger partial charge in [-0.2, -0.15) is 0 Å². The van der Waals surface area contributed by atoms with Crippen molar-refractivity contribution in [3.63, 3.8) is 0 Å². The molecular formula is C13H15BrN2S. The number of nitrogens with two attached hydrogens (primary N) is 1. The fourth-order valence-electron chi connectivity index (χ4n) is 1.70. The van der Waals surface area contributed by atoms with Crippen LogP contribution < -0.4 is 10.6 Å². The molecule has 0 atom stereocenters. The molecule has 2 rings (SSSR count). The molecule has 17 heavy (non-hydrogen) atoms. The van der Waals surface area contributed by atoms with Crippen LogP contribution in [0.1, 0.15) is 11.8 Å². The molecule has 0 amide bonds. The van der Waals surface area contributed by atoms with Gasteiger partial charge in [-0.15, -0.1) is 11.3 Å². The van der Waals surface area contributed by atoms with Crippen LogP contribution in [-0.4, -0.2) is 6.54 Å². The highest BCUT2D eigenvalue weighted by Gasteiger charge is 2.06. The fraction of sp³-hybridized carbons (Fsp3) is 0.231. The molecule has 4 heteroatoms. The Hall–Kier alpha value is -1.00. The summed E-state index contributed by atoms with van der Waals surface area (Å²) in [6, 6.07) is 12.3. The number of hydrogen-bond acceptors (Lipinski definition) is 3. The second kappa shape index (κ2) is 5.56. The highest BCUT2D eigenvalue weighted by molar-refractivity contribution is 9.11. The molecule has 2 N–H and O–H groups in total. The van der Waals surface area contributed by atoms with Gasteiger partial charge in [0.25, 0.3) is 0 Å². The lowest BCUT2D eigenvalue weighted by molar-refractivity contribution is 0.843. The molecule has 1 aromatic carbocycles. The quantitative estimate of drug-likeness (QED) is 0.861. The van der Waals surface area contributed by atoms with Crippen molar-refractivity contribution in [3.8, 4) is 0 Å². The molecule has 0 saturated heterocycles. The summed E-state index contributed by atoms with van der Waals surface area (Å²) in [4.78, 5) is 3.69. The third-order valence-electron chi connectivity index (χ3n) is 2.62. The minimum atomic E-state index is 0.809. The first kappa shape index (κ1) is 12.5. The molecule has 0 spiro atoms. The molecule has 1 heterocycles. The Labute approximate surface area is 114 Å². The van der Waals surface area contributed by atoms with E-state index >= 15 is 0 Å². The summed E-state index contributed by atoms with van der Waals surface area (Å²) in [6.07, 6.45) is 0. The molecule has 0 aliphatic rings. The predicted molar refractivity (Wildman–Crippen MR) is 79.6 cm³/mol. The fourth-order valence-corrected chi connectivity index (χ4v) is 3.19. The summed E-state index contributed by atoms with van der Waals surface area (Å²) >= 11 is 5.27. The molecule has 0 radical (unpaired) electrons. The molecule has 0 unspecified atom stereocenters. The van der Waals surface area contributed by atoms with Gasteiger partial charge in [0.1, 0.15) is 0 Å². The van der Waals surface area contributed by atoms with Gasteiger partial charge in [-0.25, -0.2) is 0 Å². The van der Waals surface area contributed by atoms with Crippen LogP contribution >= 0.6 is 27.3 Å². The monoisotopic (exact) mass is 310 g/mol. The average Bonchev–Trinajstić information content (AvgIpc) is 2.73. The zero-order valence-electron chi connectivity index (χ0n) is 9.69. The molecule has 0 fully saturated rings. The standard InChI is InChI=1S/C13H15BrN2S/c1-2-16(9-12-7-8-13(14)17-12)11-5-3-10(15)4-6-11/h3-8H,2,9,15H2,1H3. The van der Waals surface area contributed by atoms with Crippen molar-refractivity contribution in [2.75, 3.05) is 17.2 Å². The van der Waals surface area contributed by atoms with Gasteiger partial charge in [0, 0.05) is 22.8 Å². The predicted octanol–water partition coefficient (Wildman–Crippen LogP) is 4.12. The van der Waals surface area contributed by atoms with Crippen LogP contribution in [-0.2, 0) is 6.54 Å². The first-order valence-electron chi connectivity index (χ1n) is 5.53. The molecule has 0 bridgehead atoms. The van der Waals surface area contributed by atoms with Crippen LogP contribution in [0.5, 0.6) is 0 Å². The van der Waals surface area contributed by atoms with Crippen molar-refractivity contribution < 1.29 is 0 Å². The number of nitrogen functional groups attached to an aromatic ring is 1. The van der Waals surface area contributed by atoms with Gasteiger partial charge in [0.15, 0.2) is 0 Å². The van der Waals surface area contributed by atoms with Crippen LogP contribution in [0.2, 0.25) is 0 Å². The van der Waals surface area contributed by atoms with Gasteiger partial charge in [-0.3, -0.25) is 0 Å². The largest absolute Gasteiger partial charge is 0.399 e. The molecule has 0 aliphatic carbocycles. The van der Waals surface area contributed by atoms with Gasteiger partial charge in [0.05, 0.1) is 10.3 Å². The minimum absolute atomic E-state index is 0.809. The van der Waals surface area contributed by atoms with E-state index in [1.165, 1.54) is 14.4 Å². The van der Waals surface area contributed by atoms with E-state index in [1.807, 2.05) is 12.1 Å². The highest BCUT2D eigenvalue weighted by atomic mass is 79.9. The van der Waals surface area contributed by atoms with E-state index in [2.05, 4.69) is 52.0 Å². The molecule has 90 valence electrons. The van der Waals surface area contributed by atoms with E-state index in [9.17, 15) is 0 Å². The van der Waals surface area contributed by atoms with Gasteiger partial charge >= 0.3 is 0 Å². The maximum Gasteiger partial charge on any atom is 0.0702 e. The van der Waals surface area contributed by atoms with E-state index in [0.29, 0.717) is 0 Å². The van der Waals surface area contributed by atoms with Crippen LogP contribution in [0.15, 0.2) is 40.2 Å². The average molecular weight is 311 g/mol. The normalized spacial score (nSPS) is 10.5. The summed E-state index contributed by atoms with van der Waals surface area (Å²) < 4.78 is 1.18. The van der Waals surface area contributed by atoms with E-state index in [0.717, 1.165) is 18.8 Å². The molecule has 2 nitrogen and oxygen atoms in total. The van der Waals surface area contributed by atoms with Crippen molar-refractivity contribution in [1.82, 2.24) is 0 Å². The number of hydrogen-bond donors (Lipinski definition) is 1. The minimum Gasteiger partial charge on any atom is -0.399 e. The Balaban J connectivity index is 2.13. The maximum absolute atomic E-state index is 5.70. The van der Waals surface area contributed by atoms with E-state index in [4.69, 9.17) is 5.73 Å². The van der Waals surface area contributed by atoms with Crippen LogP contribution in [0.25, 0.3) is 0 Å². The highest BCUT2D eigenvalue weighted by Crippen LogP contribution is 2.25. The lowest BCUT2D eigenvalue weighted by atomic mass is 10.2. The van der Waals surface area contributed by atoms with E-state index in [1.54, 1.807) is 11.3 Å². The van der Waals surface area contributed by atoms with Gasteiger partial charge in [-0.1, -0.05) is 0 Å². The zero-order chi connectivity index (χ0) is 12.3. The second-order valence-electron chi connectivity index (χ2n) is 3.81.